The number of aromatic nitrogens is 1. The number of nitrogen functional groups attached to an aromatic ring is 2. The molecule has 0 spiro atoms. The molecule has 0 amide bonds. The summed E-state index contributed by atoms with van der Waals surface area (Å²) in [6.45, 7) is 2.07. The number of nitrogens with zero attached hydrogens (tertiary/aromatic N) is 1. The lowest BCUT2D eigenvalue weighted by Gasteiger charge is -2.16. The van der Waals surface area contributed by atoms with Gasteiger partial charge in [0.05, 0.1) is 0 Å². The summed E-state index contributed by atoms with van der Waals surface area (Å²) in [7, 11) is 0. The maximum Gasteiger partial charge on any atom is 0.131 e. The number of benzene rings is 2. The number of nitrogens with two attached hydrogens (primary N) is 2. The Labute approximate surface area is 146 Å². The Bertz CT molecular complexity index is 933. The van der Waals surface area contributed by atoms with Crippen LogP contribution in [0.1, 0.15) is 18.1 Å². The van der Waals surface area contributed by atoms with Crippen molar-refractivity contribution in [3.05, 3.63) is 59.8 Å². The Hall–Kier alpha value is -3.34. The molecule has 0 unspecified atom stereocenters. The van der Waals surface area contributed by atoms with Gasteiger partial charge in [-0.1, -0.05) is 31.2 Å². The summed E-state index contributed by atoms with van der Waals surface area (Å²) in [6.07, 6.45) is 3.76. The summed E-state index contributed by atoms with van der Waals surface area (Å²) in [5.41, 5.74) is 18.2. The molecular formula is C20H20N4O. The first kappa shape index (κ1) is 16.5. The molecule has 0 saturated heterocycles. The molecule has 0 aliphatic carbocycles. The molecular weight excluding hydrogens is 312 g/mol. The number of phenols is 1. The molecule has 0 bridgehead atoms. The molecule has 0 saturated carbocycles. The number of phenolic OH excluding ortho intramolecular Hbond substituents is 1. The van der Waals surface area contributed by atoms with E-state index >= 15 is 0 Å². The van der Waals surface area contributed by atoms with Gasteiger partial charge < -0.3 is 22.0 Å². The first-order valence-electron chi connectivity index (χ1n) is 8.02. The van der Waals surface area contributed by atoms with Crippen LogP contribution in [0.2, 0.25) is 0 Å². The van der Waals surface area contributed by atoms with E-state index in [1.807, 2.05) is 30.3 Å². The normalized spacial score (nSPS) is 10.6. The van der Waals surface area contributed by atoms with Crippen LogP contribution in [0.25, 0.3) is 22.3 Å². The first-order chi connectivity index (χ1) is 12.0. The molecule has 5 heteroatoms. The van der Waals surface area contributed by atoms with E-state index in [0.717, 1.165) is 34.2 Å². The van der Waals surface area contributed by atoms with Crippen molar-refractivity contribution >= 4 is 17.7 Å². The van der Waals surface area contributed by atoms with E-state index in [9.17, 15) is 5.11 Å². The fraction of sp³-hybridized carbons (Fsp3) is 0.100. The third kappa shape index (κ3) is 3.04. The second kappa shape index (κ2) is 6.65. The van der Waals surface area contributed by atoms with Gasteiger partial charge in [-0.15, -0.1) is 0 Å². The predicted octanol–water partition coefficient (Wildman–Crippen LogP) is 3.85. The van der Waals surface area contributed by atoms with Gasteiger partial charge in [0.2, 0.25) is 0 Å². The van der Waals surface area contributed by atoms with Crippen LogP contribution in [0.4, 0.5) is 11.5 Å². The van der Waals surface area contributed by atoms with Crippen LogP contribution in [-0.4, -0.2) is 16.3 Å². The van der Waals surface area contributed by atoms with E-state index in [4.69, 9.17) is 16.9 Å². The minimum atomic E-state index is 0.223. The van der Waals surface area contributed by atoms with Gasteiger partial charge in [0.25, 0.3) is 0 Å². The zero-order valence-corrected chi connectivity index (χ0v) is 14.0. The fourth-order valence-electron chi connectivity index (χ4n) is 3.01. The number of aromatic hydroxyl groups is 1. The Balaban J connectivity index is 2.23. The van der Waals surface area contributed by atoms with E-state index in [-0.39, 0.29) is 5.75 Å². The van der Waals surface area contributed by atoms with Crippen molar-refractivity contribution in [1.29, 1.82) is 5.41 Å². The summed E-state index contributed by atoms with van der Waals surface area (Å²) < 4.78 is 0. The Morgan fingerprint density at radius 1 is 1.08 bits per heavy atom. The highest BCUT2D eigenvalue weighted by molar-refractivity contribution is 5.90. The van der Waals surface area contributed by atoms with Gasteiger partial charge in [0, 0.05) is 34.8 Å². The number of pyridine rings is 1. The summed E-state index contributed by atoms with van der Waals surface area (Å²) >= 11 is 0. The maximum atomic E-state index is 9.52. The van der Waals surface area contributed by atoms with Gasteiger partial charge in [-0.05, 0) is 41.3 Å². The Morgan fingerprint density at radius 3 is 2.36 bits per heavy atom. The molecule has 5 nitrogen and oxygen atoms in total. The molecule has 1 aromatic heterocycles. The third-order valence-corrected chi connectivity index (χ3v) is 4.28. The van der Waals surface area contributed by atoms with Gasteiger partial charge >= 0.3 is 0 Å². The molecule has 2 aromatic carbocycles. The SMILES string of the molecule is CCc1c(-c2ccc(O)cc2)cnc(N)c1-c1ccc(C=N)c(N)c1. The molecule has 3 aromatic rings. The lowest BCUT2D eigenvalue weighted by atomic mass is 9.91. The zero-order valence-electron chi connectivity index (χ0n) is 14.0. The van der Waals surface area contributed by atoms with Crippen LogP contribution in [0.3, 0.4) is 0 Å². The summed E-state index contributed by atoms with van der Waals surface area (Å²) in [4.78, 5) is 4.36. The molecule has 0 aliphatic heterocycles. The van der Waals surface area contributed by atoms with Crippen molar-refractivity contribution in [2.24, 2.45) is 0 Å². The highest BCUT2D eigenvalue weighted by Gasteiger charge is 2.16. The molecule has 25 heavy (non-hydrogen) atoms. The second-order valence-electron chi connectivity index (χ2n) is 5.80. The van der Waals surface area contributed by atoms with Gasteiger partial charge in [0.15, 0.2) is 0 Å². The summed E-state index contributed by atoms with van der Waals surface area (Å²) in [5, 5.41) is 16.9. The highest BCUT2D eigenvalue weighted by atomic mass is 16.3. The first-order valence-corrected chi connectivity index (χ1v) is 8.02. The van der Waals surface area contributed by atoms with Gasteiger partial charge in [-0.25, -0.2) is 4.98 Å². The van der Waals surface area contributed by atoms with Crippen LogP contribution in [0, 0.1) is 5.41 Å². The quantitative estimate of drug-likeness (QED) is 0.430. The molecule has 1 heterocycles. The zero-order chi connectivity index (χ0) is 18.0. The van der Waals surface area contributed by atoms with E-state index in [1.165, 1.54) is 6.21 Å². The smallest absolute Gasteiger partial charge is 0.131 e. The van der Waals surface area contributed by atoms with Gasteiger partial charge in [-0.3, -0.25) is 0 Å². The monoisotopic (exact) mass is 332 g/mol. The molecule has 0 fully saturated rings. The molecule has 126 valence electrons. The van der Waals surface area contributed by atoms with Crippen molar-refractivity contribution in [1.82, 2.24) is 4.98 Å². The lowest BCUT2D eigenvalue weighted by molar-refractivity contribution is 0.475. The second-order valence-corrected chi connectivity index (χ2v) is 5.80. The van der Waals surface area contributed by atoms with Crippen LogP contribution < -0.4 is 11.5 Å². The lowest BCUT2D eigenvalue weighted by Crippen LogP contribution is -2.02. The largest absolute Gasteiger partial charge is 0.508 e. The minimum absolute atomic E-state index is 0.223. The van der Waals surface area contributed by atoms with E-state index in [2.05, 4.69) is 11.9 Å². The van der Waals surface area contributed by atoms with Gasteiger partial charge in [0.1, 0.15) is 11.6 Å². The number of anilines is 2. The summed E-state index contributed by atoms with van der Waals surface area (Å²) in [5.74, 6) is 0.668. The fourth-order valence-corrected chi connectivity index (χ4v) is 3.01. The highest BCUT2D eigenvalue weighted by Crippen LogP contribution is 2.37. The van der Waals surface area contributed by atoms with Crippen LogP contribution in [-0.2, 0) is 6.42 Å². The standard InChI is InChI=1S/C20H20N4O/c1-2-16-17(12-5-7-15(25)8-6-12)11-24-20(23)19(16)13-3-4-14(10-21)18(22)9-13/h3-11,21,25H,2,22H2,1H3,(H2,23,24). The molecule has 0 atom stereocenters. The van der Waals surface area contributed by atoms with Crippen LogP contribution in [0.5, 0.6) is 5.75 Å². The third-order valence-electron chi connectivity index (χ3n) is 4.28. The summed E-state index contributed by atoms with van der Waals surface area (Å²) in [6, 6.07) is 12.6. The minimum Gasteiger partial charge on any atom is -0.508 e. The number of hydrogen-bond donors (Lipinski definition) is 4. The van der Waals surface area contributed by atoms with E-state index in [1.54, 1.807) is 18.3 Å². The van der Waals surface area contributed by atoms with Crippen molar-refractivity contribution in [2.75, 3.05) is 11.5 Å². The average molecular weight is 332 g/mol. The number of rotatable bonds is 4. The van der Waals surface area contributed by atoms with Gasteiger partial charge in [-0.2, -0.15) is 0 Å². The Morgan fingerprint density at radius 2 is 1.76 bits per heavy atom. The Kier molecular flexibility index (Phi) is 4.39. The number of hydrogen-bond acceptors (Lipinski definition) is 5. The molecule has 0 radical (unpaired) electrons. The van der Waals surface area contributed by atoms with Crippen molar-refractivity contribution < 1.29 is 5.11 Å². The molecule has 0 aliphatic rings. The van der Waals surface area contributed by atoms with E-state index < -0.39 is 0 Å². The van der Waals surface area contributed by atoms with Crippen LogP contribution in [0.15, 0.2) is 48.7 Å². The molecule has 3 rings (SSSR count). The average Bonchev–Trinajstić information content (AvgIpc) is 2.62. The maximum absolute atomic E-state index is 9.52. The van der Waals surface area contributed by atoms with E-state index in [0.29, 0.717) is 17.1 Å². The molecule has 6 N–H and O–H groups in total. The topological polar surface area (TPSA) is 109 Å². The van der Waals surface area contributed by atoms with Crippen molar-refractivity contribution in [3.63, 3.8) is 0 Å². The van der Waals surface area contributed by atoms with Crippen LogP contribution >= 0.6 is 0 Å². The predicted molar refractivity (Wildman–Crippen MR) is 103 cm³/mol. The number of nitrogens with one attached hydrogen (secondary N) is 1. The van der Waals surface area contributed by atoms with Crippen molar-refractivity contribution in [2.45, 2.75) is 13.3 Å². The van der Waals surface area contributed by atoms with Crippen molar-refractivity contribution in [3.8, 4) is 28.0 Å².